The highest BCUT2D eigenvalue weighted by Gasteiger charge is 2.26. The van der Waals surface area contributed by atoms with Gasteiger partial charge in [0.15, 0.2) is 0 Å². The van der Waals surface area contributed by atoms with Gasteiger partial charge in [0.1, 0.15) is 11.5 Å². The third-order valence-electron chi connectivity index (χ3n) is 5.94. The first-order valence-electron chi connectivity index (χ1n) is 11.1. The van der Waals surface area contributed by atoms with E-state index >= 15 is 0 Å². The third kappa shape index (κ3) is 5.54. The van der Waals surface area contributed by atoms with Gasteiger partial charge < -0.3 is 24.9 Å². The smallest absolute Gasteiger partial charge is 0.257 e. The Hall–Kier alpha value is -3.32. The zero-order chi connectivity index (χ0) is 24.3. The van der Waals surface area contributed by atoms with E-state index in [2.05, 4.69) is 0 Å². The average Bonchev–Trinajstić information content (AvgIpc) is 2.76. The Labute approximate surface area is 195 Å². The molecule has 1 aliphatic heterocycles. The number of benzene rings is 2. The molecule has 33 heavy (non-hydrogen) atoms. The van der Waals surface area contributed by atoms with Crippen LogP contribution in [0.3, 0.4) is 0 Å². The summed E-state index contributed by atoms with van der Waals surface area (Å²) in [6, 6.07) is 8.70. The number of hydrogen-bond donors (Lipinski definition) is 2. The molecule has 0 bridgehead atoms. The van der Waals surface area contributed by atoms with Gasteiger partial charge in [-0.25, -0.2) is 0 Å². The molecule has 0 aromatic heterocycles. The summed E-state index contributed by atoms with van der Waals surface area (Å²) in [5.74, 6) is -0.616. The molecule has 2 aromatic carbocycles. The zero-order valence-corrected chi connectivity index (χ0v) is 20.0. The molecule has 1 heterocycles. The number of fused-ring (bicyclic) bond motifs is 1. The molecule has 7 heteroatoms. The minimum Gasteiger partial charge on any atom is -0.508 e. The Morgan fingerprint density at radius 1 is 1.06 bits per heavy atom. The lowest BCUT2D eigenvalue weighted by molar-refractivity contribution is -0.113. The first-order chi connectivity index (χ1) is 15.6. The second-order valence-electron chi connectivity index (χ2n) is 9.07. The second kappa shape index (κ2) is 10.1. The van der Waals surface area contributed by atoms with Crippen LogP contribution < -0.4 is 4.90 Å². The fraction of sp³-hybridized carbons (Fsp3) is 0.385. The van der Waals surface area contributed by atoms with Gasteiger partial charge >= 0.3 is 0 Å². The third-order valence-corrected chi connectivity index (χ3v) is 5.94. The van der Waals surface area contributed by atoms with Crippen LogP contribution in [0.25, 0.3) is 0 Å². The first kappa shape index (κ1) is 24.3. The Morgan fingerprint density at radius 3 is 2.45 bits per heavy atom. The molecule has 7 nitrogen and oxygen atoms in total. The second-order valence-corrected chi connectivity index (χ2v) is 9.07. The molecule has 0 spiro atoms. The van der Waals surface area contributed by atoms with Crippen molar-refractivity contribution < 1.29 is 19.8 Å². The molecule has 176 valence electrons. The van der Waals surface area contributed by atoms with Crippen LogP contribution in [0, 0.1) is 0 Å². The van der Waals surface area contributed by atoms with Crippen LogP contribution in [0.1, 0.15) is 46.8 Å². The van der Waals surface area contributed by atoms with E-state index in [0.717, 1.165) is 16.8 Å². The summed E-state index contributed by atoms with van der Waals surface area (Å²) < 4.78 is 0. The van der Waals surface area contributed by atoms with E-state index in [0.29, 0.717) is 31.6 Å². The van der Waals surface area contributed by atoms with Crippen LogP contribution in [0.15, 0.2) is 42.5 Å². The predicted molar refractivity (Wildman–Crippen MR) is 130 cm³/mol. The van der Waals surface area contributed by atoms with E-state index in [1.807, 2.05) is 57.1 Å². The van der Waals surface area contributed by atoms with Gasteiger partial charge in [-0.3, -0.25) is 9.59 Å². The Morgan fingerprint density at radius 2 is 1.79 bits per heavy atom. The number of phenols is 2. The van der Waals surface area contributed by atoms with E-state index in [1.54, 1.807) is 29.0 Å². The number of carbonyl (C=O) groups is 2. The van der Waals surface area contributed by atoms with Gasteiger partial charge in [0.05, 0.1) is 5.56 Å². The summed E-state index contributed by atoms with van der Waals surface area (Å²) in [4.78, 5) is 31.0. The molecule has 0 fully saturated rings. The van der Waals surface area contributed by atoms with Crippen molar-refractivity contribution in [3.63, 3.8) is 0 Å². The fourth-order valence-corrected chi connectivity index (χ4v) is 3.93. The van der Waals surface area contributed by atoms with Crippen LogP contribution in [0.2, 0.25) is 0 Å². The highest BCUT2D eigenvalue weighted by molar-refractivity contribution is 6.01. The van der Waals surface area contributed by atoms with E-state index in [9.17, 15) is 19.8 Å². The van der Waals surface area contributed by atoms with Crippen LogP contribution >= 0.6 is 0 Å². The van der Waals surface area contributed by atoms with Gasteiger partial charge in [-0.15, -0.1) is 0 Å². The number of aromatic hydroxyl groups is 2. The summed E-state index contributed by atoms with van der Waals surface area (Å²) in [5.41, 5.74) is 3.70. The molecular formula is C26H33N3O4. The molecule has 3 rings (SSSR count). The molecule has 1 aliphatic rings. The van der Waals surface area contributed by atoms with Gasteiger partial charge in [-0.1, -0.05) is 26.0 Å². The van der Waals surface area contributed by atoms with Gasteiger partial charge in [-0.2, -0.15) is 0 Å². The van der Waals surface area contributed by atoms with Crippen molar-refractivity contribution >= 4 is 17.5 Å². The number of amides is 2. The monoisotopic (exact) mass is 451 g/mol. The highest BCUT2D eigenvalue weighted by Crippen LogP contribution is 2.34. The summed E-state index contributed by atoms with van der Waals surface area (Å²) in [5, 5.41) is 20.4. The number of carbonyl (C=O) groups excluding carboxylic acids is 2. The lowest BCUT2D eigenvalue weighted by atomic mass is 9.96. The van der Waals surface area contributed by atoms with Crippen LogP contribution in [0.5, 0.6) is 11.5 Å². The lowest BCUT2D eigenvalue weighted by Gasteiger charge is -2.30. The molecule has 0 saturated carbocycles. The standard InChI is InChI=1S/C26H33N3O4/c1-17(2)21-14-22(24(31)15-23(21)30)26(33)29-12-10-18-8-9-20(13-19(18)16-29)28(5)25(32)7-6-11-27(3)4/h6-9,13-15,17,30-31H,10-12,16H2,1-5H3/b7-6+. The van der Waals surface area contributed by atoms with E-state index in [1.165, 1.54) is 6.07 Å². The maximum atomic E-state index is 13.2. The topological polar surface area (TPSA) is 84.3 Å². The molecule has 0 radical (unpaired) electrons. The van der Waals surface area contributed by atoms with Crippen molar-refractivity contribution in [1.29, 1.82) is 0 Å². The number of hydrogen-bond acceptors (Lipinski definition) is 5. The number of nitrogens with zero attached hydrogens (tertiary/aromatic N) is 3. The molecule has 2 N–H and O–H groups in total. The van der Waals surface area contributed by atoms with Crippen molar-refractivity contribution in [1.82, 2.24) is 9.80 Å². The van der Waals surface area contributed by atoms with E-state index in [4.69, 9.17) is 0 Å². The normalized spacial score (nSPS) is 13.6. The first-order valence-corrected chi connectivity index (χ1v) is 11.1. The molecule has 0 unspecified atom stereocenters. The number of rotatable bonds is 6. The molecule has 0 aliphatic carbocycles. The summed E-state index contributed by atoms with van der Waals surface area (Å²) in [6.45, 7) is 5.45. The van der Waals surface area contributed by atoms with Crippen LogP contribution in [-0.4, -0.2) is 66.1 Å². The summed E-state index contributed by atoms with van der Waals surface area (Å²) in [7, 11) is 5.62. The zero-order valence-electron chi connectivity index (χ0n) is 20.0. The lowest BCUT2D eigenvalue weighted by Crippen LogP contribution is -2.36. The Kier molecular flexibility index (Phi) is 7.43. The van der Waals surface area contributed by atoms with E-state index < -0.39 is 0 Å². The summed E-state index contributed by atoms with van der Waals surface area (Å²) >= 11 is 0. The number of likely N-dealkylation sites (N-methyl/N-ethyl adjacent to an activating group) is 2. The minimum atomic E-state index is -0.276. The maximum absolute atomic E-state index is 13.2. The Bertz CT molecular complexity index is 1080. The van der Waals surface area contributed by atoms with Gasteiger partial charge in [0, 0.05) is 44.5 Å². The largest absolute Gasteiger partial charge is 0.508 e. The maximum Gasteiger partial charge on any atom is 0.257 e. The quantitative estimate of drug-likeness (QED) is 0.657. The number of phenolic OH excluding ortho intramolecular Hbond substituents is 2. The predicted octanol–water partition coefficient (Wildman–Crippen LogP) is 3.50. The van der Waals surface area contributed by atoms with Gasteiger partial charge in [0.2, 0.25) is 5.91 Å². The molecular weight excluding hydrogens is 418 g/mol. The van der Waals surface area contributed by atoms with Crippen molar-refractivity contribution in [3.05, 3.63) is 64.7 Å². The molecule has 0 atom stereocenters. The SMILES string of the molecule is CC(C)c1cc(C(=O)N2CCc3ccc(N(C)C(=O)/C=C/CN(C)C)cc3C2)c(O)cc1O. The van der Waals surface area contributed by atoms with Crippen molar-refractivity contribution in [3.8, 4) is 11.5 Å². The number of anilines is 1. The fourth-order valence-electron chi connectivity index (χ4n) is 3.93. The van der Waals surface area contributed by atoms with Gasteiger partial charge in [0.25, 0.3) is 5.91 Å². The molecule has 0 saturated heterocycles. The van der Waals surface area contributed by atoms with E-state index in [-0.39, 0.29) is 34.8 Å². The van der Waals surface area contributed by atoms with Gasteiger partial charge in [-0.05, 0) is 61.3 Å². The average molecular weight is 452 g/mol. The molecule has 2 amide bonds. The minimum absolute atomic E-state index is 0.0139. The van der Waals surface area contributed by atoms with Crippen molar-refractivity contribution in [2.24, 2.45) is 0 Å². The van der Waals surface area contributed by atoms with Crippen molar-refractivity contribution in [2.75, 3.05) is 39.1 Å². The molecule has 2 aromatic rings. The Balaban J connectivity index is 1.80. The van der Waals surface area contributed by atoms with Crippen LogP contribution in [0.4, 0.5) is 5.69 Å². The summed E-state index contributed by atoms with van der Waals surface area (Å²) in [6.07, 6.45) is 4.08. The van der Waals surface area contributed by atoms with Crippen molar-refractivity contribution in [2.45, 2.75) is 32.7 Å². The van der Waals surface area contributed by atoms with Crippen LogP contribution in [-0.2, 0) is 17.8 Å². The highest BCUT2D eigenvalue weighted by atomic mass is 16.3.